The van der Waals surface area contributed by atoms with Crippen molar-refractivity contribution in [3.63, 3.8) is 0 Å². The SMILES string of the molecule is O=C1OCCN1CCOc1nc(CN=C2CCCc3cc(O)ccc32)cc(N2CCOCC2)n1. The molecule has 180 valence electrons. The number of hydrogen-bond acceptors (Lipinski definition) is 9. The summed E-state index contributed by atoms with van der Waals surface area (Å²) in [6.45, 7) is 4.90. The third kappa shape index (κ3) is 5.22. The summed E-state index contributed by atoms with van der Waals surface area (Å²) in [7, 11) is 0. The first-order chi connectivity index (χ1) is 16.7. The number of rotatable bonds is 7. The molecule has 5 rings (SSSR count). The summed E-state index contributed by atoms with van der Waals surface area (Å²) in [5, 5.41) is 9.81. The number of aliphatic imine (C=N–C) groups is 1. The molecular weight excluding hydrogens is 438 g/mol. The average molecular weight is 468 g/mol. The number of carbonyl (C=O) groups excluding carboxylic acids is 1. The number of cyclic esters (lactones) is 1. The highest BCUT2D eigenvalue weighted by molar-refractivity contribution is 6.02. The molecule has 2 saturated heterocycles. The monoisotopic (exact) mass is 467 g/mol. The summed E-state index contributed by atoms with van der Waals surface area (Å²) in [4.78, 5) is 29.5. The Morgan fingerprint density at radius 2 is 1.97 bits per heavy atom. The first-order valence-electron chi connectivity index (χ1n) is 11.8. The highest BCUT2D eigenvalue weighted by Gasteiger charge is 2.22. The summed E-state index contributed by atoms with van der Waals surface area (Å²) in [6, 6.07) is 7.72. The number of phenols is 1. The van der Waals surface area contributed by atoms with Crippen LogP contribution in [0, 0.1) is 0 Å². The minimum atomic E-state index is -0.316. The molecule has 0 bridgehead atoms. The Labute approximate surface area is 198 Å². The molecular formula is C24H29N5O5. The van der Waals surface area contributed by atoms with E-state index in [-0.39, 0.29) is 24.5 Å². The van der Waals surface area contributed by atoms with Crippen molar-refractivity contribution in [2.45, 2.75) is 25.8 Å². The van der Waals surface area contributed by atoms with Gasteiger partial charge in [-0.05, 0) is 48.6 Å². The summed E-state index contributed by atoms with van der Waals surface area (Å²) in [6.07, 6.45) is 2.53. The van der Waals surface area contributed by atoms with Gasteiger partial charge in [-0.15, -0.1) is 0 Å². The smallest absolute Gasteiger partial charge is 0.410 e. The molecule has 2 aliphatic heterocycles. The number of carbonyl (C=O) groups is 1. The van der Waals surface area contributed by atoms with Gasteiger partial charge in [0.1, 0.15) is 24.8 Å². The van der Waals surface area contributed by atoms with Crippen LogP contribution in [0.5, 0.6) is 11.8 Å². The van der Waals surface area contributed by atoms with Gasteiger partial charge in [-0.3, -0.25) is 4.99 Å². The molecule has 1 aliphatic carbocycles. The molecule has 3 aliphatic rings. The molecule has 1 aromatic heterocycles. The molecule has 1 N–H and O–H groups in total. The number of fused-ring (bicyclic) bond motifs is 1. The van der Waals surface area contributed by atoms with Crippen LogP contribution in [0.1, 0.15) is 29.7 Å². The largest absolute Gasteiger partial charge is 0.508 e. The highest BCUT2D eigenvalue weighted by atomic mass is 16.6. The Hall–Kier alpha value is -3.40. The zero-order valence-electron chi connectivity index (χ0n) is 19.1. The summed E-state index contributed by atoms with van der Waals surface area (Å²) in [5.41, 5.74) is 4.03. The Balaban J connectivity index is 1.34. The van der Waals surface area contributed by atoms with E-state index in [1.54, 1.807) is 11.0 Å². The minimum absolute atomic E-state index is 0.278. The van der Waals surface area contributed by atoms with E-state index in [9.17, 15) is 9.90 Å². The number of amides is 1. The van der Waals surface area contributed by atoms with Gasteiger partial charge in [0, 0.05) is 24.9 Å². The predicted octanol–water partition coefficient (Wildman–Crippen LogP) is 2.18. The fourth-order valence-electron chi connectivity index (χ4n) is 4.43. The van der Waals surface area contributed by atoms with E-state index in [2.05, 4.69) is 14.9 Å². The van der Waals surface area contributed by atoms with Crippen LogP contribution in [-0.4, -0.2) is 84.4 Å². The highest BCUT2D eigenvalue weighted by Crippen LogP contribution is 2.26. The second-order valence-corrected chi connectivity index (χ2v) is 8.51. The van der Waals surface area contributed by atoms with Crippen LogP contribution in [0.15, 0.2) is 29.3 Å². The second kappa shape index (κ2) is 10.3. The first kappa shape index (κ1) is 22.4. The topological polar surface area (TPSA) is 110 Å². The van der Waals surface area contributed by atoms with Gasteiger partial charge in [-0.1, -0.05) is 0 Å². The van der Waals surface area contributed by atoms with Crippen LogP contribution in [0.3, 0.4) is 0 Å². The van der Waals surface area contributed by atoms with E-state index in [1.165, 1.54) is 0 Å². The lowest BCUT2D eigenvalue weighted by Crippen LogP contribution is -2.37. The van der Waals surface area contributed by atoms with Crippen LogP contribution < -0.4 is 9.64 Å². The maximum Gasteiger partial charge on any atom is 0.410 e. The molecule has 1 aromatic carbocycles. The number of phenolic OH excluding ortho intramolecular Hbond substituents is 1. The number of anilines is 1. The third-order valence-electron chi connectivity index (χ3n) is 6.21. The van der Waals surface area contributed by atoms with Crippen molar-refractivity contribution < 1.29 is 24.1 Å². The van der Waals surface area contributed by atoms with Crippen molar-refractivity contribution in [2.24, 2.45) is 4.99 Å². The molecule has 2 fully saturated rings. The van der Waals surface area contributed by atoms with Crippen LogP contribution in [0.25, 0.3) is 0 Å². The van der Waals surface area contributed by atoms with Gasteiger partial charge in [-0.2, -0.15) is 9.97 Å². The lowest BCUT2D eigenvalue weighted by Gasteiger charge is -2.28. The van der Waals surface area contributed by atoms with Gasteiger partial charge in [0.2, 0.25) is 0 Å². The summed E-state index contributed by atoms with van der Waals surface area (Å²) < 4.78 is 16.3. The molecule has 34 heavy (non-hydrogen) atoms. The Morgan fingerprint density at radius 1 is 1.09 bits per heavy atom. The van der Waals surface area contributed by atoms with Crippen molar-refractivity contribution >= 4 is 17.6 Å². The first-order valence-corrected chi connectivity index (χ1v) is 11.8. The number of aryl methyl sites for hydroxylation is 1. The number of ether oxygens (including phenoxy) is 3. The fourth-order valence-corrected chi connectivity index (χ4v) is 4.43. The van der Waals surface area contributed by atoms with Crippen LogP contribution in [0.2, 0.25) is 0 Å². The molecule has 10 heteroatoms. The van der Waals surface area contributed by atoms with E-state index in [1.807, 2.05) is 18.2 Å². The standard InChI is InChI=1S/C24H29N5O5/c30-19-4-5-20-17(14-19)2-1-3-21(20)25-16-18-15-22(28-6-10-32-11-7-28)27-23(26-18)33-12-8-29-9-13-34-24(29)31/h4-5,14-15,30H,1-3,6-13,16H2. The average Bonchev–Trinajstić information content (AvgIpc) is 3.27. The second-order valence-electron chi connectivity index (χ2n) is 8.51. The molecule has 10 nitrogen and oxygen atoms in total. The van der Waals surface area contributed by atoms with Gasteiger partial charge in [0.15, 0.2) is 0 Å². The van der Waals surface area contributed by atoms with Crippen molar-refractivity contribution in [3.8, 4) is 11.8 Å². The number of aromatic nitrogens is 2. The third-order valence-corrected chi connectivity index (χ3v) is 6.21. The molecule has 3 heterocycles. The quantitative estimate of drug-likeness (QED) is 0.660. The van der Waals surface area contributed by atoms with Crippen molar-refractivity contribution in [3.05, 3.63) is 41.1 Å². The molecule has 0 saturated carbocycles. The summed E-state index contributed by atoms with van der Waals surface area (Å²) >= 11 is 0. The maximum absolute atomic E-state index is 11.6. The van der Waals surface area contributed by atoms with Crippen LogP contribution >= 0.6 is 0 Å². The number of hydrogen-bond donors (Lipinski definition) is 1. The summed E-state index contributed by atoms with van der Waals surface area (Å²) in [5.74, 6) is 1.08. The van der Waals surface area contributed by atoms with Crippen LogP contribution in [-0.2, 0) is 22.4 Å². The van der Waals surface area contributed by atoms with E-state index in [4.69, 9.17) is 19.2 Å². The molecule has 0 unspecified atom stereocenters. The number of benzene rings is 1. The number of aromatic hydroxyl groups is 1. The normalized spacial score (nSPS) is 19.3. The fraction of sp³-hybridized carbons (Fsp3) is 0.500. The van der Waals surface area contributed by atoms with E-state index in [0.717, 1.165) is 60.7 Å². The van der Waals surface area contributed by atoms with Crippen LogP contribution in [0.4, 0.5) is 10.6 Å². The van der Waals surface area contributed by atoms with Crippen molar-refractivity contribution in [2.75, 3.05) is 57.5 Å². The molecule has 0 radical (unpaired) electrons. The zero-order chi connectivity index (χ0) is 23.3. The van der Waals surface area contributed by atoms with Gasteiger partial charge in [0.25, 0.3) is 0 Å². The maximum atomic E-state index is 11.6. The Morgan fingerprint density at radius 3 is 2.79 bits per heavy atom. The van der Waals surface area contributed by atoms with Crippen molar-refractivity contribution in [1.82, 2.24) is 14.9 Å². The van der Waals surface area contributed by atoms with Gasteiger partial charge in [-0.25, -0.2) is 4.79 Å². The zero-order valence-corrected chi connectivity index (χ0v) is 19.1. The van der Waals surface area contributed by atoms with Gasteiger partial charge < -0.3 is 29.1 Å². The predicted molar refractivity (Wildman–Crippen MR) is 125 cm³/mol. The molecule has 2 aromatic rings. The lowest BCUT2D eigenvalue weighted by atomic mass is 9.90. The lowest BCUT2D eigenvalue weighted by molar-refractivity contribution is 0.122. The van der Waals surface area contributed by atoms with E-state index in [0.29, 0.717) is 39.5 Å². The minimum Gasteiger partial charge on any atom is -0.508 e. The molecule has 0 atom stereocenters. The van der Waals surface area contributed by atoms with E-state index < -0.39 is 0 Å². The number of nitrogens with zero attached hydrogens (tertiary/aromatic N) is 5. The Bertz CT molecular complexity index is 1070. The van der Waals surface area contributed by atoms with Crippen molar-refractivity contribution in [1.29, 1.82) is 0 Å². The van der Waals surface area contributed by atoms with Gasteiger partial charge >= 0.3 is 12.1 Å². The molecule has 0 spiro atoms. The Kier molecular flexibility index (Phi) is 6.75. The number of morpholine rings is 1. The van der Waals surface area contributed by atoms with E-state index >= 15 is 0 Å². The van der Waals surface area contributed by atoms with Gasteiger partial charge in [0.05, 0.1) is 38.5 Å². The molecule has 1 amide bonds.